The Morgan fingerprint density at radius 2 is 2.27 bits per heavy atom. The Morgan fingerprint density at radius 3 is 3.00 bits per heavy atom. The Hall–Kier alpha value is -1.06. The quantitative estimate of drug-likeness (QED) is 0.774. The Bertz CT molecular complexity index is 324. The van der Waals surface area contributed by atoms with Crippen LogP contribution in [0, 0.1) is 5.92 Å². The molecule has 2 N–H and O–H groups in total. The molecule has 1 heterocycles. The molecule has 1 saturated heterocycles. The van der Waals surface area contributed by atoms with Crippen LogP contribution in [0.1, 0.15) is 17.9 Å². The van der Waals surface area contributed by atoms with Gasteiger partial charge in [0, 0.05) is 19.1 Å². The van der Waals surface area contributed by atoms with Crippen LogP contribution in [0.15, 0.2) is 24.3 Å². The molecule has 1 aromatic rings. The van der Waals surface area contributed by atoms with E-state index in [1.54, 1.807) is 12.1 Å². The molecule has 2 rings (SSSR count). The van der Waals surface area contributed by atoms with Gasteiger partial charge >= 0.3 is 0 Å². The Labute approximate surface area is 89.3 Å². The van der Waals surface area contributed by atoms with Crippen molar-refractivity contribution in [3.8, 4) is 5.75 Å². The van der Waals surface area contributed by atoms with Crippen molar-refractivity contribution in [2.75, 3.05) is 19.8 Å². The van der Waals surface area contributed by atoms with E-state index in [1.807, 2.05) is 12.1 Å². The molecule has 15 heavy (non-hydrogen) atoms. The molecule has 1 aliphatic rings. The summed E-state index contributed by atoms with van der Waals surface area (Å²) in [5, 5.41) is 18.7. The molecule has 2 atom stereocenters. The van der Waals surface area contributed by atoms with Crippen LogP contribution in [0.3, 0.4) is 0 Å². The van der Waals surface area contributed by atoms with Crippen molar-refractivity contribution in [3.05, 3.63) is 29.8 Å². The second kappa shape index (κ2) is 4.64. The molecule has 0 aliphatic carbocycles. The smallest absolute Gasteiger partial charge is 0.115 e. The molecular formula is C12H16O3. The summed E-state index contributed by atoms with van der Waals surface area (Å²) in [7, 11) is 0. The maximum Gasteiger partial charge on any atom is 0.115 e. The number of aliphatic hydroxyl groups is 1. The van der Waals surface area contributed by atoms with E-state index in [2.05, 4.69) is 0 Å². The number of phenolic OH excluding ortho intramolecular Hbond substituents is 1. The lowest BCUT2D eigenvalue weighted by Crippen LogP contribution is -2.28. The summed E-state index contributed by atoms with van der Waals surface area (Å²) >= 11 is 0. The summed E-state index contributed by atoms with van der Waals surface area (Å²) < 4.78 is 5.33. The Balaban J connectivity index is 2.20. The molecule has 0 amide bonds. The van der Waals surface area contributed by atoms with Gasteiger partial charge in [-0.05, 0) is 30.0 Å². The lowest BCUT2D eigenvalue weighted by atomic mass is 9.83. The van der Waals surface area contributed by atoms with Crippen LogP contribution in [0.4, 0.5) is 0 Å². The van der Waals surface area contributed by atoms with E-state index >= 15 is 0 Å². The molecule has 3 nitrogen and oxygen atoms in total. The van der Waals surface area contributed by atoms with Crippen LogP contribution in [-0.2, 0) is 4.74 Å². The third-order valence-electron chi connectivity index (χ3n) is 3.01. The third kappa shape index (κ3) is 2.30. The van der Waals surface area contributed by atoms with E-state index in [-0.39, 0.29) is 18.3 Å². The van der Waals surface area contributed by atoms with E-state index < -0.39 is 0 Å². The highest BCUT2D eigenvalue weighted by Crippen LogP contribution is 2.32. The van der Waals surface area contributed by atoms with E-state index in [9.17, 15) is 10.2 Å². The average molecular weight is 208 g/mol. The fourth-order valence-electron chi connectivity index (χ4n) is 2.17. The van der Waals surface area contributed by atoms with Gasteiger partial charge in [-0.2, -0.15) is 0 Å². The molecule has 82 valence electrons. The van der Waals surface area contributed by atoms with Crippen molar-refractivity contribution >= 4 is 0 Å². The van der Waals surface area contributed by atoms with Crippen LogP contribution >= 0.6 is 0 Å². The van der Waals surface area contributed by atoms with Gasteiger partial charge in [0.05, 0.1) is 6.61 Å². The van der Waals surface area contributed by atoms with Gasteiger partial charge in [0.15, 0.2) is 0 Å². The van der Waals surface area contributed by atoms with Gasteiger partial charge in [0.2, 0.25) is 0 Å². The fraction of sp³-hybridized carbons (Fsp3) is 0.500. The first-order valence-electron chi connectivity index (χ1n) is 5.29. The van der Waals surface area contributed by atoms with Crippen LogP contribution in [0.5, 0.6) is 5.75 Å². The van der Waals surface area contributed by atoms with Crippen LogP contribution in [0.25, 0.3) is 0 Å². The SMILES string of the molecule is OCC1COCCC1c1cccc(O)c1. The molecule has 0 bridgehead atoms. The van der Waals surface area contributed by atoms with Gasteiger partial charge in [0.1, 0.15) is 5.75 Å². The van der Waals surface area contributed by atoms with Gasteiger partial charge in [-0.1, -0.05) is 12.1 Å². The minimum absolute atomic E-state index is 0.139. The van der Waals surface area contributed by atoms with Crippen molar-refractivity contribution in [3.63, 3.8) is 0 Å². The molecule has 1 fully saturated rings. The van der Waals surface area contributed by atoms with E-state index in [4.69, 9.17) is 4.74 Å². The normalized spacial score (nSPS) is 26.5. The molecule has 1 aliphatic heterocycles. The molecule has 0 spiro atoms. The van der Waals surface area contributed by atoms with Crippen LogP contribution in [-0.4, -0.2) is 30.0 Å². The monoisotopic (exact) mass is 208 g/mol. The molecule has 2 unspecified atom stereocenters. The van der Waals surface area contributed by atoms with Gasteiger partial charge in [0.25, 0.3) is 0 Å². The molecular weight excluding hydrogens is 192 g/mol. The number of ether oxygens (including phenoxy) is 1. The summed E-state index contributed by atoms with van der Waals surface area (Å²) in [5.41, 5.74) is 1.09. The fourth-order valence-corrected chi connectivity index (χ4v) is 2.17. The second-order valence-corrected chi connectivity index (χ2v) is 4.01. The third-order valence-corrected chi connectivity index (χ3v) is 3.01. The number of hydrogen-bond acceptors (Lipinski definition) is 3. The van der Waals surface area contributed by atoms with Crippen molar-refractivity contribution in [1.29, 1.82) is 0 Å². The number of aromatic hydroxyl groups is 1. The van der Waals surface area contributed by atoms with Crippen molar-refractivity contribution in [2.45, 2.75) is 12.3 Å². The molecule has 3 heteroatoms. The van der Waals surface area contributed by atoms with Crippen LogP contribution < -0.4 is 0 Å². The Kier molecular flexibility index (Phi) is 3.23. The van der Waals surface area contributed by atoms with Crippen molar-refractivity contribution in [2.24, 2.45) is 5.92 Å². The second-order valence-electron chi connectivity index (χ2n) is 4.01. The number of rotatable bonds is 2. The lowest BCUT2D eigenvalue weighted by Gasteiger charge is -2.30. The highest BCUT2D eigenvalue weighted by molar-refractivity contribution is 5.30. The van der Waals surface area contributed by atoms with E-state index in [0.29, 0.717) is 12.5 Å². The van der Waals surface area contributed by atoms with Gasteiger partial charge in [-0.15, -0.1) is 0 Å². The van der Waals surface area contributed by atoms with Crippen LogP contribution in [0.2, 0.25) is 0 Å². The Morgan fingerprint density at radius 1 is 1.40 bits per heavy atom. The highest BCUT2D eigenvalue weighted by atomic mass is 16.5. The number of aliphatic hydroxyl groups excluding tert-OH is 1. The van der Waals surface area contributed by atoms with E-state index in [0.717, 1.165) is 18.6 Å². The molecule has 1 aromatic carbocycles. The highest BCUT2D eigenvalue weighted by Gasteiger charge is 2.26. The molecule has 0 saturated carbocycles. The first kappa shape index (κ1) is 10.5. The summed E-state index contributed by atoms with van der Waals surface area (Å²) in [5.74, 6) is 0.743. The summed E-state index contributed by atoms with van der Waals surface area (Å²) in [6.45, 7) is 1.48. The minimum Gasteiger partial charge on any atom is -0.508 e. The summed E-state index contributed by atoms with van der Waals surface area (Å²) in [6, 6.07) is 7.28. The maximum atomic E-state index is 9.41. The summed E-state index contributed by atoms with van der Waals surface area (Å²) in [4.78, 5) is 0. The molecule has 0 radical (unpaired) electrons. The van der Waals surface area contributed by atoms with Gasteiger partial charge < -0.3 is 14.9 Å². The van der Waals surface area contributed by atoms with E-state index in [1.165, 1.54) is 0 Å². The number of benzene rings is 1. The van der Waals surface area contributed by atoms with Gasteiger partial charge in [-0.25, -0.2) is 0 Å². The predicted molar refractivity (Wildman–Crippen MR) is 56.9 cm³/mol. The summed E-state index contributed by atoms with van der Waals surface area (Å²) in [6.07, 6.45) is 0.911. The predicted octanol–water partition coefficient (Wildman–Crippen LogP) is 1.50. The number of hydrogen-bond donors (Lipinski definition) is 2. The molecule has 0 aromatic heterocycles. The minimum atomic E-state index is 0.139. The first-order valence-corrected chi connectivity index (χ1v) is 5.29. The van der Waals surface area contributed by atoms with Crippen molar-refractivity contribution < 1.29 is 14.9 Å². The zero-order valence-electron chi connectivity index (χ0n) is 8.60. The average Bonchev–Trinajstić information content (AvgIpc) is 2.29. The zero-order valence-corrected chi connectivity index (χ0v) is 8.60. The maximum absolute atomic E-state index is 9.41. The van der Waals surface area contributed by atoms with Gasteiger partial charge in [-0.3, -0.25) is 0 Å². The lowest BCUT2D eigenvalue weighted by molar-refractivity contribution is 0.0159. The first-order chi connectivity index (χ1) is 7.31. The standard InChI is InChI=1S/C12H16O3/c13-7-10-8-15-5-4-12(10)9-2-1-3-11(14)6-9/h1-3,6,10,12-14H,4-5,7-8H2. The zero-order chi connectivity index (χ0) is 10.7. The largest absolute Gasteiger partial charge is 0.508 e. The van der Waals surface area contributed by atoms with Crippen molar-refractivity contribution in [1.82, 2.24) is 0 Å². The topological polar surface area (TPSA) is 49.7 Å². The number of phenols is 1.